The Kier molecular flexibility index (Phi) is 3.42. The number of aliphatic hydroxyl groups is 1. The Bertz CT molecular complexity index is 1150. The number of para-hydroxylation sites is 2. The summed E-state index contributed by atoms with van der Waals surface area (Å²) >= 11 is 0. The molecule has 0 radical (unpaired) electrons. The van der Waals surface area contributed by atoms with Crippen molar-refractivity contribution in [3.05, 3.63) is 102 Å². The van der Waals surface area contributed by atoms with E-state index in [1.54, 1.807) is 11.1 Å². The van der Waals surface area contributed by atoms with Crippen molar-refractivity contribution in [1.82, 2.24) is 4.98 Å². The van der Waals surface area contributed by atoms with E-state index in [2.05, 4.69) is 4.98 Å². The summed E-state index contributed by atoms with van der Waals surface area (Å²) in [5.74, 6) is -0.322. The number of carbonyl (C=O) groups excluding carboxylic acids is 1. The van der Waals surface area contributed by atoms with E-state index in [1.165, 1.54) is 0 Å². The molecule has 2 N–H and O–H groups in total. The number of aromatic nitrogens is 1. The molecule has 1 aliphatic heterocycles. The topological polar surface area (TPSA) is 56.3 Å². The van der Waals surface area contributed by atoms with Crippen LogP contribution in [-0.2, 0) is 16.9 Å². The molecule has 0 unspecified atom stereocenters. The maximum absolute atomic E-state index is 13.5. The normalized spacial score (nSPS) is 18.9. The van der Waals surface area contributed by atoms with Gasteiger partial charge in [-0.15, -0.1) is 0 Å². The van der Waals surface area contributed by atoms with Gasteiger partial charge >= 0.3 is 0 Å². The minimum absolute atomic E-state index is 0.322. The molecule has 4 aromatic rings. The maximum Gasteiger partial charge on any atom is 0.268 e. The Morgan fingerprint density at radius 1 is 0.852 bits per heavy atom. The molecule has 2 heterocycles. The molecule has 5 rings (SSSR count). The Hall–Kier alpha value is -3.37. The molecule has 132 valence electrons. The molecule has 27 heavy (non-hydrogen) atoms. The second-order valence-electron chi connectivity index (χ2n) is 6.85. The standard InChI is InChI=1S/C23H18N2O2/c26-22-23(27,19-14-24-20-12-6-4-10-17(19)20)18-11-5-7-13-21(18)25(22)15-16-8-2-1-3-9-16/h1-14,24,27H,15H2/t23-/m0/s1. The highest BCUT2D eigenvalue weighted by Crippen LogP contribution is 2.46. The lowest BCUT2D eigenvalue weighted by Gasteiger charge is -2.23. The third-order valence-corrected chi connectivity index (χ3v) is 5.30. The summed E-state index contributed by atoms with van der Waals surface area (Å²) in [6, 6.07) is 25.0. The molecule has 0 aliphatic carbocycles. The number of rotatable bonds is 3. The second-order valence-corrected chi connectivity index (χ2v) is 6.85. The van der Waals surface area contributed by atoms with Gasteiger partial charge in [0.1, 0.15) is 0 Å². The van der Waals surface area contributed by atoms with Crippen LogP contribution in [0.5, 0.6) is 0 Å². The number of carbonyl (C=O) groups is 1. The van der Waals surface area contributed by atoms with Crippen LogP contribution >= 0.6 is 0 Å². The average molecular weight is 354 g/mol. The molecular formula is C23H18N2O2. The number of benzene rings is 3. The van der Waals surface area contributed by atoms with E-state index >= 15 is 0 Å². The first kappa shape index (κ1) is 15.9. The molecule has 0 saturated carbocycles. The number of hydrogen-bond donors (Lipinski definition) is 2. The van der Waals surface area contributed by atoms with Crippen LogP contribution in [0.4, 0.5) is 5.69 Å². The Balaban J connectivity index is 1.68. The van der Waals surface area contributed by atoms with Gasteiger partial charge in [0.2, 0.25) is 0 Å². The van der Waals surface area contributed by atoms with Crippen LogP contribution in [0, 0.1) is 0 Å². The van der Waals surface area contributed by atoms with Gasteiger partial charge in [-0.2, -0.15) is 0 Å². The third-order valence-electron chi connectivity index (χ3n) is 5.30. The van der Waals surface area contributed by atoms with Gasteiger partial charge in [0.15, 0.2) is 5.60 Å². The Morgan fingerprint density at radius 3 is 2.41 bits per heavy atom. The van der Waals surface area contributed by atoms with Crippen molar-refractivity contribution in [1.29, 1.82) is 0 Å². The first-order chi connectivity index (χ1) is 13.2. The molecule has 4 nitrogen and oxygen atoms in total. The van der Waals surface area contributed by atoms with Crippen LogP contribution in [0.1, 0.15) is 16.7 Å². The van der Waals surface area contributed by atoms with Crippen LogP contribution in [0.2, 0.25) is 0 Å². The van der Waals surface area contributed by atoms with Crippen LogP contribution in [0.25, 0.3) is 10.9 Å². The van der Waals surface area contributed by atoms with E-state index in [4.69, 9.17) is 0 Å². The Morgan fingerprint density at radius 2 is 1.56 bits per heavy atom. The van der Waals surface area contributed by atoms with Crippen molar-refractivity contribution in [3.8, 4) is 0 Å². The number of anilines is 1. The fraction of sp³-hybridized carbons (Fsp3) is 0.0870. The smallest absolute Gasteiger partial charge is 0.268 e. The molecular weight excluding hydrogens is 336 g/mol. The average Bonchev–Trinajstić information content (AvgIpc) is 3.24. The first-order valence-corrected chi connectivity index (χ1v) is 8.94. The van der Waals surface area contributed by atoms with Crippen molar-refractivity contribution in [2.45, 2.75) is 12.1 Å². The van der Waals surface area contributed by atoms with Gasteiger partial charge in [0.05, 0.1) is 12.2 Å². The van der Waals surface area contributed by atoms with Gasteiger partial charge in [-0.05, 0) is 17.7 Å². The number of fused-ring (bicyclic) bond motifs is 2. The summed E-state index contributed by atoms with van der Waals surface area (Å²) in [6.45, 7) is 0.418. The lowest BCUT2D eigenvalue weighted by atomic mass is 9.87. The van der Waals surface area contributed by atoms with E-state index in [9.17, 15) is 9.90 Å². The van der Waals surface area contributed by atoms with Crippen molar-refractivity contribution < 1.29 is 9.90 Å². The molecule has 0 bridgehead atoms. The molecule has 3 aromatic carbocycles. The molecule has 0 fully saturated rings. The minimum atomic E-state index is -1.70. The lowest BCUT2D eigenvalue weighted by Crippen LogP contribution is -2.40. The third kappa shape index (κ3) is 2.24. The number of amides is 1. The van der Waals surface area contributed by atoms with E-state index in [-0.39, 0.29) is 5.91 Å². The van der Waals surface area contributed by atoms with Crippen molar-refractivity contribution in [2.75, 3.05) is 4.90 Å². The van der Waals surface area contributed by atoms with Crippen LogP contribution in [-0.4, -0.2) is 16.0 Å². The SMILES string of the molecule is O=C1N(Cc2ccccc2)c2ccccc2[C@]1(O)c1c[nH]c2ccccc12. The highest BCUT2D eigenvalue weighted by Gasteiger charge is 2.51. The van der Waals surface area contributed by atoms with Crippen LogP contribution in [0.3, 0.4) is 0 Å². The zero-order valence-electron chi connectivity index (χ0n) is 14.6. The lowest BCUT2D eigenvalue weighted by molar-refractivity contribution is -0.132. The van der Waals surface area contributed by atoms with Gasteiger partial charge in [0.25, 0.3) is 5.91 Å². The fourth-order valence-corrected chi connectivity index (χ4v) is 3.99. The van der Waals surface area contributed by atoms with Crippen molar-refractivity contribution >= 4 is 22.5 Å². The Labute approximate surface area is 156 Å². The second kappa shape index (κ2) is 5.83. The number of H-pyrrole nitrogens is 1. The van der Waals surface area contributed by atoms with Gasteiger partial charge in [-0.1, -0.05) is 66.7 Å². The van der Waals surface area contributed by atoms with E-state index in [0.717, 1.165) is 22.2 Å². The van der Waals surface area contributed by atoms with E-state index < -0.39 is 5.60 Å². The summed E-state index contributed by atoms with van der Waals surface area (Å²) in [6.07, 6.45) is 1.74. The monoisotopic (exact) mass is 354 g/mol. The summed E-state index contributed by atoms with van der Waals surface area (Å²) in [7, 11) is 0. The minimum Gasteiger partial charge on any atom is -0.372 e. The molecule has 1 atom stereocenters. The number of aromatic amines is 1. The molecule has 4 heteroatoms. The number of hydrogen-bond acceptors (Lipinski definition) is 2. The van der Waals surface area contributed by atoms with E-state index in [0.29, 0.717) is 17.7 Å². The van der Waals surface area contributed by atoms with Crippen LogP contribution < -0.4 is 4.90 Å². The van der Waals surface area contributed by atoms with Gasteiger partial charge in [-0.25, -0.2) is 0 Å². The zero-order chi connectivity index (χ0) is 18.4. The predicted octanol–water partition coefficient (Wildman–Crippen LogP) is 3.95. The van der Waals surface area contributed by atoms with Crippen LogP contribution in [0.15, 0.2) is 85.1 Å². The van der Waals surface area contributed by atoms with Gasteiger partial charge in [-0.3, -0.25) is 4.79 Å². The molecule has 0 spiro atoms. The molecule has 1 aromatic heterocycles. The molecule has 0 saturated heterocycles. The first-order valence-electron chi connectivity index (χ1n) is 8.94. The summed E-state index contributed by atoms with van der Waals surface area (Å²) < 4.78 is 0. The highest BCUT2D eigenvalue weighted by atomic mass is 16.3. The largest absolute Gasteiger partial charge is 0.372 e. The highest BCUT2D eigenvalue weighted by molar-refractivity contribution is 6.11. The predicted molar refractivity (Wildman–Crippen MR) is 105 cm³/mol. The van der Waals surface area contributed by atoms with E-state index in [1.807, 2.05) is 78.9 Å². The van der Waals surface area contributed by atoms with Crippen molar-refractivity contribution in [3.63, 3.8) is 0 Å². The number of nitrogens with one attached hydrogen (secondary N) is 1. The summed E-state index contributed by atoms with van der Waals surface area (Å²) in [4.78, 5) is 18.3. The summed E-state index contributed by atoms with van der Waals surface area (Å²) in [5, 5.41) is 12.6. The van der Waals surface area contributed by atoms with Crippen molar-refractivity contribution in [2.24, 2.45) is 0 Å². The molecule has 1 aliphatic rings. The quantitative estimate of drug-likeness (QED) is 0.585. The zero-order valence-corrected chi connectivity index (χ0v) is 14.6. The maximum atomic E-state index is 13.5. The summed E-state index contributed by atoms with van der Waals surface area (Å²) in [5.41, 5.74) is 2.17. The number of nitrogens with zero attached hydrogens (tertiary/aromatic N) is 1. The van der Waals surface area contributed by atoms with Gasteiger partial charge < -0.3 is 15.0 Å². The molecule has 1 amide bonds. The fourth-order valence-electron chi connectivity index (χ4n) is 3.99. The van der Waals surface area contributed by atoms with Gasteiger partial charge in [0, 0.05) is 28.2 Å².